The number of allylic oxidation sites excluding steroid dienone is 5. The van der Waals surface area contributed by atoms with Gasteiger partial charge in [0.25, 0.3) is 0 Å². The van der Waals surface area contributed by atoms with Crippen molar-refractivity contribution in [3.05, 3.63) is 36.5 Å². The molecule has 1 heterocycles. The van der Waals surface area contributed by atoms with Crippen molar-refractivity contribution in [3.63, 3.8) is 0 Å². The van der Waals surface area contributed by atoms with Gasteiger partial charge < -0.3 is 40.3 Å². The van der Waals surface area contributed by atoms with Gasteiger partial charge in [0.1, 0.15) is 30.5 Å². The van der Waals surface area contributed by atoms with Gasteiger partial charge in [-0.05, 0) is 44.9 Å². The Balaban J connectivity index is 2.65. The van der Waals surface area contributed by atoms with Crippen molar-refractivity contribution in [2.75, 3.05) is 13.2 Å². The molecule has 0 aromatic carbocycles. The highest BCUT2D eigenvalue weighted by molar-refractivity contribution is 7.80. The fourth-order valence-electron chi connectivity index (χ4n) is 6.73. The molecule has 0 saturated carbocycles. The summed E-state index contributed by atoms with van der Waals surface area (Å²) in [5.74, 6) is -0.717. The lowest BCUT2D eigenvalue weighted by atomic mass is 9.99. The Kier molecular flexibility index (Phi) is 31.8. The molecule has 1 fully saturated rings. The molecular formula is C43H79NO12S. The van der Waals surface area contributed by atoms with Gasteiger partial charge in [0.05, 0.1) is 25.4 Å². The molecule has 1 aliphatic heterocycles. The summed E-state index contributed by atoms with van der Waals surface area (Å²) >= 11 is 0. The van der Waals surface area contributed by atoms with E-state index < -0.39 is 78.5 Å². The minimum Gasteiger partial charge on any atom is -0.394 e. The smallest absolute Gasteiger partial charge is 0.394 e. The van der Waals surface area contributed by atoms with E-state index in [9.17, 15) is 38.7 Å². The first-order valence-electron chi connectivity index (χ1n) is 22.0. The third-order valence-electron chi connectivity index (χ3n) is 10.3. The number of hydrogen-bond donors (Lipinski definition) is 7. The van der Waals surface area contributed by atoms with Crippen molar-refractivity contribution in [2.24, 2.45) is 0 Å². The van der Waals surface area contributed by atoms with Gasteiger partial charge in [-0.25, -0.2) is 4.18 Å². The highest BCUT2D eigenvalue weighted by Gasteiger charge is 2.48. The number of amides is 1. The van der Waals surface area contributed by atoms with Crippen LogP contribution in [0.4, 0.5) is 0 Å². The fraction of sp³-hybridized carbons (Fsp3) is 0.837. The standard InChI is InChI=1S/C43H79NO12S/c1-3-5-7-9-11-13-15-17-18-20-22-24-26-28-30-32-37(47)42(50)44-35(36(46)31-29-27-25-23-21-19-16-14-12-10-8-6-4-2)34-54-43-40(49)41(56-57(51,52)53)39(48)38(33-45)55-43/h12,14,21,23,29,31,35-41,43,45-49H,3-11,13,15-20,22,24-28,30,32-34H2,1-2H3,(H,44,50)(H,51,52,53)/b14-12+,23-21+,31-29+. The molecule has 13 nitrogen and oxygen atoms in total. The summed E-state index contributed by atoms with van der Waals surface area (Å²) in [6.07, 6.45) is 26.6. The maximum absolute atomic E-state index is 13.1. The molecular weight excluding hydrogens is 755 g/mol. The molecule has 0 spiro atoms. The second-order valence-electron chi connectivity index (χ2n) is 15.4. The van der Waals surface area contributed by atoms with Gasteiger partial charge in [-0.15, -0.1) is 0 Å². The third kappa shape index (κ3) is 26.9. The number of carbonyl (C=O) groups is 1. The van der Waals surface area contributed by atoms with E-state index in [0.717, 1.165) is 44.9 Å². The molecule has 14 heteroatoms. The molecule has 1 rings (SSSR count). The van der Waals surface area contributed by atoms with Crippen LogP contribution in [0.2, 0.25) is 0 Å². The summed E-state index contributed by atoms with van der Waals surface area (Å²) in [5, 5.41) is 55.0. The lowest BCUT2D eigenvalue weighted by Crippen LogP contribution is -2.61. The predicted octanol–water partition coefficient (Wildman–Crippen LogP) is 6.91. The number of aliphatic hydroxyl groups excluding tert-OH is 5. The molecule has 0 aromatic heterocycles. The monoisotopic (exact) mass is 834 g/mol. The van der Waals surface area contributed by atoms with Crippen LogP contribution in [0.1, 0.15) is 168 Å². The molecule has 57 heavy (non-hydrogen) atoms. The molecule has 8 unspecified atom stereocenters. The van der Waals surface area contributed by atoms with E-state index in [4.69, 9.17) is 14.0 Å². The molecule has 0 bridgehead atoms. The van der Waals surface area contributed by atoms with Crippen LogP contribution in [0.25, 0.3) is 0 Å². The van der Waals surface area contributed by atoms with Crippen molar-refractivity contribution >= 4 is 16.3 Å². The van der Waals surface area contributed by atoms with Crippen LogP contribution in [-0.2, 0) is 28.9 Å². The van der Waals surface area contributed by atoms with Crippen molar-refractivity contribution in [1.82, 2.24) is 5.32 Å². The molecule has 1 saturated heterocycles. The SMILES string of the molecule is CCCCC/C=C/CC/C=C/CC/C=C/C(O)C(COC1OC(CO)C(O)C(OS(=O)(=O)O)C1O)NC(=O)C(O)CCCCCCCCCCCCCCCCC. The number of carbonyl (C=O) groups excluding carboxylic acids is 1. The fourth-order valence-corrected chi connectivity index (χ4v) is 7.23. The molecule has 1 amide bonds. The van der Waals surface area contributed by atoms with E-state index in [1.54, 1.807) is 6.08 Å². The van der Waals surface area contributed by atoms with E-state index in [2.05, 4.69) is 47.7 Å². The molecule has 1 aliphatic rings. The molecule has 334 valence electrons. The second-order valence-corrected chi connectivity index (χ2v) is 16.5. The minimum atomic E-state index is -5.12. The Bertz CT molecular complexity index is 1180. The first-order chi connectivity index (χ1) is 27.4. The Morgan fingerprint density at radius 1 is 0.702 bits per heavy atom. The summed E-state index contributed by atoms with van der Waals surface area (Å²) in [6.45, 7) is 3.14. The van der Waals surface area contributed by atoms with E-state index in [1.165, 1.54) is 96.0 Å². The number of nitrogens with one attached hydrogen (secondary N) is 1. The van der Waals surface area contributed by atoms with Crippen LogP contribution in [0, 0.1) is 0 Å². The molecule has 0 aliphatic carbocycles. The average Bonchev–Trinajstić information content (AvgIpc) is 3.18. The quantitative estimate of drug-likeness (QED) is 0.0195. The summed E-state index contributed by atoms with van der Waals surface area (Å²) in [4.78, 5) is 13.1. The first kappa shape index (κ1) is 53.3. The van der Waals surface area contributed by atoms with Crippen LogP contribution in [-0.4, -0.2) is 107 Å². The molecule has 7 N–H and O–H groups in total. The van der Waals surface area contributed by atoms with Gasteiger partial charge in [0.15, 0.2) is 6.29 Å². The Labute approximate surface area is 344 Å². The topological polar surface area (TPSA) is 212 Å². The van der Waals surface area contributed by atoms with E-state index >= 15 is 0 Å². The number of hydrogen-bond acceptors (Lipinski definition) is 11. The largest absolute Gasteiger partial charge is 0.397 e. The lowest BCUT2D eigenvalue weighted by molar-refractivity contribution is -0.298. The zero-order valence-electron chi connectivity index (χ0n) is 35.0. The van der Waals surface area contributed by atoms with Gasteiger partial charge in [0.2, 0.25) is 5.91 Å². The maximum atomic E-state index is 13.1. The van der Waals surface area contributed by atoms with E-state index in [1.807, 2.05) is 0 Å². The van der Waals surface area contributed by atoms with Crippen molar-refractivity contribution in [3.8, 4) is 0 Å². The summed E-state index contributed by atoms with van der Waals surface area (Å²) in [5.41, 5.74) is 0. The number of unbranched alkanes of at least 4 members (excludes halogenated alkanes) is 19. The number of aliphatic hydroxyl groups is 5. The van der Waals surface area contributed by atoms with Crippen molar-refractivity contribution in [2.45, 2.75) is 217 Å². The van der Waals surface area contributed by atoms with Gasteiger partial charge in [-0.3, -0.25) is 9.35 Å². The summed E-state index contributed by atoms with van der Waals surface area (Å²) in [7, 11) is -5.12. The first-order valence-corrected chi connectivity index (χ1v) is 23.3. The van der Waals surface area contributed by atoms with Crippen LogP contribution in [0.5, 0.6) is 0 Å². The van der Waals surface area contributed by atoms with Gasteiger partial charge in [-0.1, -0.05) is 159 Å². The molecule has 0 aromatic rings. The summed E-state index contributed by atoms with van der Waals surface area (Å²) < 4.78 is 47.4. The second kappa shape index (κ2) is 34.0. The molecule has 0 radical (unpaired) electrons. The zero-order chi connectivity index (χ0) is 42.2. The predicted molar refractivity (Wildman–Crippen MR) is 224 cm³/mol. The highest BCUT2D eigenvalue weighted by Crippen LogP contribution is 2.26. The van der Waals surface area contributed by atoms with Crippen molar-refractivity contribution < 1.29 is 57.0 Å². The van der Waals surface area contributed by atoms with Crippen LogP contribution in [0.3, 0.4) is 0 Å². The Hall–Kier alpha value is -1.72. The van der Waals surface area contributed by atoms with Gasteiger partial charge >= 0.3 is 10.4 Å². The zero-order valence-corrected chi connectivity index (χ0v) is 35.8. The Morgan fingerprint density at radius 2 is 1.18 bits per heavy atom. The van der Waals surface area contributed by atoms with E-state index in [-0.39, 0.29) is 6.42 Å². The lowest BCUT2D eigenvalue weighted by Gasteiger charge is -2.41. The van der Waals surface area contributed by atoms with Gasteiger partial charge in [-0.2, -0.15) is 8.42 Å². The van der Waals surface area contributed by atoms with Crippen molar-refractivity contribution in [1.29, 1.82) is 0 Å². The molecule has 8 atom stereocenters. The Morgan fingerprint density at radius 3 is 1.68 bits per heavy atom. The third-order valence-corrected chi connectivity index (χ3v) is 10.7. The maximum Gasteiger partial charge on any atom is 0.397 e. The van der Waals surface area contributed by atoms with Gasteiger partial charge in [0, 0.05) is 0 Å². The number of ether oxygens (including phenoxy) is 2. The number of rotatable bonds is 36. The van der Waals surface area contributed by atoms with Crippen LogP contribution < -0.4 is 5.32 Å². The average molecular weight is 834 g/mol. The minimum absolute atomic E-state index is 0.236. The van der Waals surface area contributed by atoms with Crippen LogP contribution >= 0.6 is 0 Å². The highest BCUT2D eigenvalue weighted by atomic mass is 32.3. The summed E-state index contributed by atoms with van der Waals surface area (Å²) in [6, 6.07) is -1.14. The van der Waals surface area contributed by atoms with E-state index in [0.29, 0.717) is 12.8 Å². The normalized spacial score (nSPS) is 22.1. The van der Waals surface area contributed by atoms with Crippen LogP contribution in [0.15, 0.2) is 36.5 Å².